The first-order valence-electron chi connectivity index (χ1n) is 6.53. The van der Waals surface area contributed by atoms with Crippen LogP contribution in [0.4, 0.5) is 0 Å². The van der Waals surface area contributed by atoms with Crippen LogP contribution in [0.15, 0.2) is 0 Å². The van der Waals surface area contributed by atoms with Gasteiger partial charge in [0.2, 0.25) is 5.91 Å². The molecule has 0 radical (unpaired) electrons. The molecule has 2 atom stereocenters. The SMILES string of the molecule is CC(C)N(CCC(=O)O)C(=O)[C@@H]1C[C@@H]1C1CC1. The number of amides is 1. The van der Waals surface area contributed by atoms with Gasteiger partial charge in [-0.3, -0.25) is 9.59 Å². The average molecular weight is 239 g/mol. The highest BCUT2D eigenvalue weighted by Crippen LogP contribution is 2.54. The third-order valence-corrected chi connectivity index (χ3v) is 3.86. The summed E-state index contributed by atoms with van der Waals surface area (Å²) in [5.74, 6) is 0.931. The number of hydrogen-bond acceptors (Lipinski definition) is 2. The molecule has 4 heteroatoms. The molecule has 0 saturated heterocycles. The van der Waals surface area contributed by atoms with Crippen molar-refractivity contribution >= 4 is 11.9 Å². The van der Waals surface area contributed by atoms with E-state index in [1.807, 2.05) is 13.8 Å². The smallest absolute Gasteiger partial charge is 0.305 e. The van der Waals surface area contributed by atoms with Crippen LogP contribution in [0.1, 0.15) is 39.5 Å². The first-order chi connectivity index (χ1) is 8.00. The van der Waals surface area contributed by atoms with Gasteiger partial charge in [0.1, 0.15) is 0 Å². The minimum Gasteiger partial charge on any atom is -0.481 e. The van der Waals surface area contributed by atoms with Crippen molar-refractivity contribution in [3.63, 3.8) is 0 Å². The van der Waals surface area contributed by atoms with Crippen molar-refractivity contribution in [1.29, 1.82) is 0 Å². The molecule has 2 fully saturated rings. The Morgan fingerprint density at radius 1 is 1.35 bits per heavy atom. The van der Waals surface area contributed by atoms with Crippen LogP contribution in [0.5, 0.6) is 0 Å². The van der Waals surface area contributed by atoms with Crippen LogP contribution >= 0.6 is 0 Å². The van der Waals surface area contributed by atoms with E-state index in [1.165, 1.54) is 12.8 Å². The molecule has 1 N–H and O–H groups in total. The monoisotopic (exact) mass is 239 g/mol. The van der Waals surface area contributed by atoms with Gasteiger partial charge in [-0.1, -0.05) is 0 Å². The number of carbonyl (C=O) groups is 2. The van der Waals surface area contributed by atoms with Gasteiger partial charge in [-0.05, 0) is 44.9 Å². The Morgan fingerprint density at radius 2 is 2.00 bits per heavy atom. The Bertz CT molecular complexity index is 323. The van der Waals surface area contributed by atoms with Gasteiger partial charge < -0.3 is 10.0 Å². The van der Waals surface area contributed by atoms with Gasteiger partial charge >= 0.3 is 5.97 Å². The molecule has 0 unspecified atom stereocenters. The van der Waals surface area contributed by atoms with Gasteiger partial charge in [0.25, 0.3) is 0 Å². The number of rotatable bonds is 6. The summed E-state index contributed by atoms with van der Waals surface area (Å²) in [5, 5.41) is 8.69. The van der Waals surface area contributed by atoms with Crippen LogP contribution in [-0.4, -0.2) is 34.5 Å². The van der Waals surface area contributed by atoms with E-state index in [1.54, 1.807) is 4.90 Å². The maximum absolute atomic E-state index is 12.2. The lowest BCUT2D eigenvalue weighted by atomic mass is 10.2. The number of carbonyl (C=O) groups excluding carboxylic acids is 1. The van der Waals surface area contributed by atoms with E-state index in [0.717, 1.165) is 12.3 Å². The molecule has 0 aromatic carbocycles. The van der Waals surface area contributed by atoms with E-state index in [0.29, 0.717) is 12.5 Å². The second-order valence-corrected chi connectivity index (χ2v) is 5.61. The quantitative estimate of drug-likeness (QED) is 0.768. The lowest BCUT2D eigenvalue weighted by Crippen LogP contribution is -2.39. The Balaban J connectivity index is 1.86. The Morgan fingerprint density at radius 3 is 2.47 bits per heavy atom. The van der Waals surface area contributed by atoms with Crippen molar-refractivity contribution in [2.24, 2.45) is 17.8 Å². The van der Waals surface area contributed by atoms with E-state index in [4.69, 9.17) is 5.11 Å². The fourth-order valence-corrected chi connectivity index (χ4v) is 2.60. The molecule has 0 heterocycles. The Kier molecular flexibility index (Phi) is 3.40. The minimum absolute atomic E-state index is 0.0464. The number of carboxylic acid groups (broad SMARTS) is 1. The van der Waals surface area contributed by atoms with E-state index in [2.05, 4.69) is 0 Å². The molecule has 0 aliphatic heterocycles. The minimum atomic E-state index is -0.835. The van der Waals surface area contributed by atoms with Crippen LogP contribution in [-0.2, 0) is 9.59 Å². The van der Waals surface area contributed by atoms with Crippen LogP contribution in [0.2, 0.25) is 0 Å². The Labute approximate surface area is 102 Å². The molecule has 2 aliphatic carbocycles. The third-order valence-electron chi connectivity index (χ3n) is 3.86. The molecule has 2 rings (SSSR count). The topological polar surface area (TPSA) is 57.6 Å². The zero-order valence-electron chi connectivity index (χ0n) is 10.6. The van der Waals surface area contributed by atoms with Crippen molar-refractivity contribution in [3.8, 4) is 0 Å². The van der Waals surface area contributed by atoms with Crippen molar-refractivity contribution in [2.75, 3.05) is 6.54 Å². The lowest BCUT2D eigenvalue weighted by molar-refractivity contribution is -0.139. The predicted molar refractivity (Wildman–Crippen MR) is 63.4 cm³/mol. The van der Waals surface area contributed by atoms with Crippen molar-refractivity contribution in [2.45, 2.75) is 45.6 Å². The van der Waals surface area contributed by atoms with E-state index in [-0.39, 0.29) is 24.3 Å². The second kappa shape index (κ2) is 4.67. The molecule has 96 valence electrons. The standard InChI is InChI=1S/C13H21NO3/c1-8(2)14(6-5-12(15)16)13(17)11-7-10(11)9-3-4-9/h8-11H,3-7H2,1-2H3,(H,15,16)/t10-,11-/m1/s1. The summed E-state index contributed by atoms with van der Waals surface area (Å²) >= 11 is 0. The highest BCUT2D eigenvalue weighted by Gasteiger charge is 2.52. The maximum Gasteiger partial charge on any atom is 0.305 e. The summed E-state index contributed by atoms with van der Waals surface area (Å²) in [6.07, 6.45) is 3.64. The van der Waals surface area contributed by atoms with Crippen molar-refractivity contribution in [3.05, 3.63) is 0 Å². The first-order valence-corrected chi connectivity index (χ1v) is 6.53. The summed E-state index contributed by atoms with van der Waals surface area (Å²) in [6, 6.07) is 0.0994. The summed E-state index contributed by atoms with van der Waals surface area (Å²) < 4.78 is 0. The molecule has 0 aromatic rings. The molecule has 2 saturated carbocycles. The number of carboxylic acids is 1. The zero-order chi connectivity index (χ0) is 12.6. The lowest BCUT2D eigenvalue weighted by Gasteiger charge is -2.26. The molecule has 0 spiro atoms. The fraction of sp³-hybridized carbons (Fsp3) is 0.846. The fourth-order valence-electron chi connectivity index (χ4n) is 2.60. The van der Waals surface area contributed by atoms with E-state index < -0.39 is 5.97 Å². The van der Waals surface area contributed by atoms with Crippen LogP contribution in [0, 0.1) is 17.8 Å². The summed E-state index contributed by atoms with van der Waals surface area (Å²) in [4.78, 5) is 24.6. The van der Waals surface area contributed by atoms with Gasteiger partial charge in [-0.15, -0.1) is 0 Å². The van der Waals surface area contributed by atoms with Crippen LogP contribution in [0.25, 0.3) is 0 Å². The molecule has 0 bridgehead atoms. The average Bonchev–Trinajstić information content (AvgIpc) is 3.09. The van der Waals surface area contributed by atoms with Crippen LogP contribution < -0.4 is 0 Å². The largest absolute Gasteiger partial charge is 0.481 e. The highest BCUT2D eigenvalue weighted by atomic mass is 16.4. The first kappa shape index (κ1) is 12.4. The van der Waals surface area contributed by atoms with Crippen molar-refractivity contribution < 1.29 is 14.7 Å². The molecule has 0 aromatic heterocycles. The van der Waals surface area contributed by atoms with Gasteiger partial charge in [0, 0.05) is 18.5 Å². The van der Waals surface area contributed by atoms with E-state index >= 15 is 0 Å². The highest BCUT2D eigenvalue weighted by molar-refractivity contribution is 5.82. The van der Waals surface area contributed by atoms with Gasteiger partial charge in [-0.25, -0.2) is 0 Å². The predicted octanol–water partition coefficient (Wildman–Crippen LogP) is 1.74. The van der Waals surface area contributed by atoms with Gasteiger partial charge in [-0.2, -0.15) is 0 Å². The maximum atomic E-state index is 12.2. The molecular weight excluding hydrogens is 218 g/mol. The summed E-state index contributed by atoms with van der Waals surface area (Å²) in [5.41, 5.74) is 0. The van der Waals surface area contributed by atoms with E-state index in [9.17, 15) is 9.59 Å². The molecule has 17 heavy (non-hydrogen) atoms. The Hall–Kier alpha value is -1.06. The molecular formula is C13H21NO3. The number of hydrogen-bond donors (Lipinski definition) is 1. The number of aliphatic carboxylic acids is 1. The molecule has 1 amide bonds. The zero-order valence-corrected chi connectivity index (χ0v) is 10.6. The normalized spacial score (nSPS) is 27.0. The summed E-state index contributed by atoms with van der Waals surface area (Å²) in [6.45, 7) is 4.25. The third kappa shape index (κ3) is 2.99. The van der Waals surface area contributed by atoms with Crippen molar-refractivity contribution in [1.82, 2.24) is 4.90 Å². The second-order valence-electron chi connectivity index (χ2n) is 5.61. The molecule has 4 nitrogen and oxygen atoms in total. The molecule has 2 aliphatic rings. The summed E-state index contributed by atoms with van der Waals surface area (Å²) in [7, 11) is 0. The van der Waals surface area contributed by atoms with Gasteiger partial charge in [0.05, 0.1) is 6.42 Å². The number of nitrogens with zero attached hydrogens (tertiary/aromatic N) is 1. The van der Waals surface area contributed by atoms with Crippen LogP contribution in [0.3, 0.4) is 0 Å². The van der Waals surface area contributed by atoms with Gasteiger partial charge in [0.15, 0.2) is 0 Å².